The first-order valence-electron chi connectivity index (χ1n) is 8.86. The Kier molecular flexibility index (Phi) is 16.7. The van der Waals surface area contributed by atoms with Gasteiger partial charge in [0.2, 0.25) is 0 Å². The van der Waals surface area contributed by atoms with Crippen LogP contribution in [0.25, 0.3) is 0 Å². The standard InChI is InChI=1S/C17H34O9Si/c1-15(2)16(18)22-7-6-14-27-26-17(23-11-8-19-3,24-12-9-20-4)25-13-10-21-5/h1,6-14,27H2,2-5H3. The first kappa shape index (κ1) is 26.1. The zero-order valence-corrected chi connectivity index (χ0v) is 18.4. The smallest absolute Gasteiger partial charge is 0.402 e. The van der Waals surface area contributed by atoms with Crippen LogP contribution in [0.5, 0.6) is 0 Å². The van der Waals surface area contributed by atoms with E-state index in [1.807, 2.05) is 0 Å². The highest BCUT2D eigenvalue weighted by molar-refractivity contribution is 6.27. The Bertz CT molecular complexity index is 366. The molecule has 0 spiro atoms. The Morgan fingerprint density at radius 1 is 0.852 bits per heavy atom. The number of esters is 1. The average Bonchev–Trinajstić information content (AvgIpc) is 2.64. The van der Waals surface area contributed by atoms with Gasteiger partial charge in [0, 0.05) is 26.9 Å². The maximum absolute atomic E-state index is 11.3. The molecule has 27 heavy (non-hydrogen) atoms. The average molecular weight is 411 g/mol. The van der Waals surface area contributed by atoms with Crippen LogP contribution in [0, 0.1) is 0 Å². The lowest BCUT2D eigenvalue weighted by atomic mass is 10.4. The molecule has 0 rings (SSSR count). The van der Waals surface area contributed by atoms with E-state index in [1.165, 1.54) is 0 Å². The molecule has 0 aromatic carbocycles. The normalized spacial score (nSPS) is 12.0. The highest BCUT2D eigenvalue weighted by Crippen LogP contribution is 2.18. The van der Waals surface area contributed by atoms with Gasteiger partial charge in [0.25, 0.3) is 0 Å². The lowest BCUT2D eigenvalue weighted by Crippen LogP contribution is -2.45. The summed E-state index contributed by atoms with van der Waals surface area (Å²) in [6.07, 6.45) is -0.939. The Hall–Kier alpha value is -0.853. The van der Waals surface area contributed by atoms with Crippen LogP contribution in [0.3, 0.4) is 0 Å². The van der Waals surface area contributed by atoms with Crippen molar-refractivity contribution in [1.29, 1.82) is 0 Å². The van der Waals surface area contributed by atoms with Crippen LogP contribution in [0.4, 0.5) is 0 Å². The molecule has 0 radical (unpaired) electrons. The quantitative estimate of drug-likeness (QED) is 0.0999. The van der Waals surface area contributed by atoms with Crippen LogP contribution < -0.4 is 0 Å². The van der Waals surface area contributed by atoms with E-state index < -0.39 is 15.9 Å². The molecule has 0 saturated heterocycles. The second kappa shape index (κ2) is 17.3. The van der Waals surface area contributed by atoms with Crippen LogP contribution in [-0.2, 0) is 42.4 Å². The van der Waals surface area contributed by atoms with Gasteiger partial charge in [-0.2, -0.15) is 0 Å². The van der Waals surface area contributed by atoms with Gasteiger partial charge in [0.05, 0.1) is 46.2 Å². The fraction of sp³-hybridized carbons (Fsp3) is 0.824. The second-order valence-corrected chi connectivity index (χ2v) is 6.90. The summed E-state index contributed by atoms with van der Waals surface area (Å²) in [7, 11) is 3.65. The summed E-state index contributed by atoms with van der Waals surface area (Å²) in [4.78, 5) is 11.3. The molecule has 0 N–H and O–H groups in total. The third kappa shape index (κ3) is 13.9. The summed E-state index contributed by atoms with van der Waals surface area (Å²) < 4.78 is 43.0. The van der Waals surface area contributed by atoms with E-state index in [9.17, 15) is 4.79 Å². The molecule has 0 saturated carbocycles. The first-order chi connectivity index (χ1) is 13.0. The number of rotatable bonds is 19. The van der Waals surface area contributed by atoms with E-state index >= 15 is 0 Å². The van der Waals surface area contributed by atoms with Crippen molar-refractivity contribution in [1.82, 2.24) is 0 Å². The summed E-state index contributed by atoms with van der Waals surface area (Å²) in [6.45, 7) is 7.27. The molecule has 9 nitrogen and oxygen atoms in total. The molecule has 0 aromatic heterocycles. The highest BCUT2D eigenvalue weighted by atomic mass is 28.2. The Labute approximate surface area is 164 Å². The van der Waals surface area contributed by atoms with Crippen LogP contribution in [0.1, 0.15) is 13.3 Å². The van der Waals surface area contributed by atoms with Crippen molar-refractivity contribution in [2.24, 2.45) is 0 Å². The van der Waals surface area contributed by atoms with Gasteiger partial charge in [-0.3, -0.25) is 0 Å². The predicted molar refractivity (Wildman–Crippen MR) is 101 cm³/mol. The van der Waals surface area contributed by atoms with Gasteiger partial charge in [0.15, 0.2) is 9.76 Å². The molecule has 0 heterocycles. The SMILES string of the molecule is C=C(C)C(=O)OCCC[SiH2]OC(OCCOC)(OCCOC)OCCOC. The van der Waals surface area contributed by atoms with Gasteiger partial charge >= 0.3 is 12.1 Å². The monoisotopic (exact) mass is 410 g/mol. The topological polar surface area (TPSA) is 90.9 Å². The van der Waals surface area contributed by atoms with Crippen molar-refractivity contribution in [3.05, 3.63) is 12.2 Å². The molecule has 0 aliphatic heterocycles. The van der Waals surface area contributed by atoms with Crippen molar-refractivity contribution in [2.45, 2.75) is 25.5 Å². The molecule has 0 fully saturated rings. The fourth-order valence-corrected chi connectivity index (χ4v) is 2.74. The minimum Gasteiger partial charge on any atom is -0.462 e. The van der Waals surface area contributed by atoms with E-state index in [1.54, 1.807) is 28.3 Å². The zero-order chi connectivity index (χ0) is 20.4. The lowest BCUT2D eigenvalue weighted by Gasteiger charge is -2.32. The summed E-state index contributed by atoms with van der Waals surface area (Å²) in [5.74, 6) is -0.388. The number of hydrogen-bond acceptors (Lipinski definition) is 9. The molecule has 0 aliphatic carbocycles. The van der Waals surface area contributed by atoms with Crippen LogP contribution in [0.15, 0.2) is 12.2 Å². The van der Waals surface area contributed by atoms with Crippen LogP contribution in [0.2, 0.25) is 6.04 Å². The summed E-state index contributed by atoms with van der Waals surface area (Å²) in [5.41, 5.74) is 0.382. The van der Waals surface area contributed by atoms with Crippen LogP contribution in [-0.4, -0.2) is 89.5 Å². The van der Waals surface area contributed by atoms with E-state index in [4.69, 9.17) is 37.6 Å². The molecule has 0 bridgehead atoms. The largest absolute Gasteiger partial charge is 0.462 e. The first-order valence-corrected chi connectivity index (χ1v) is 10.4. The summed E-state index contributed by atoms with van der Waals surface area (Å²) >= 11 is 0. The third-order valence-electron chi connectivity index (χ3n) is 3.10. The van der Waals surface area contributed by atoms with Gasteiger partial charge in [0.1, 0.15) is 0 Å². The maximum Gasteiger partial charge on any atom is 0.402 e. The van der Waals surface area contributed by atoms with Crippen molar-refractivity contribution >= 4 is 15.7 Å². The van der Waals surface area contributed by atoms with Gasteiger partial charge in [-0.25, -0.2) is 4.79 Å². The minimum absolute atomic E-state index is 0.237. The number of carbonyl (C=O) groups excluding carboxylic acids is 1. The molecular formula is C17H34O9Si. The van der Waals surface area contributed by atoms with E-state index in [0.717, 1.165) is 6.04 Å². The van der Waals surface area contributed by atoms with Crippen molar-refractivity contribution in [3.8, 4) is 0 Å². The van der Waals surface area contributed by atoms with Crippen molar-refractivity contribution in [3.63, 3.8) is 0 Å². The molecular weight excluding hydrogens is 376 g/mol. The molecule has 0 aliphatic rings. The second-order valence-electron chi connectivity index (χ2n) is 5.50. The molecule has 0 unspecified atom stereocenters. The molecule has 10 heteroatoms. The number of methoxy groups -OCH3 is 3. The fourth-order valence-electron chi connectivity index (χ4n) is 1.69. The zero-order valence-electron chi connectivity index (χ0n) is 17.0. The number of hydrogen-bond donors (Lipinski definition) is 0. The maximum atomic E-state index is 11.3. The van der Waals surface area contributed by atoms with E-state index in [-0.39, 0.29) is 25.8 Å². The predicted octanol–water partition coefficient (Wildman–Crippen LogP) is 0.615. The highest BCUT2D eigenvalue weighted by Gasteiger charge is 2.35. The van der Waals surface area contributed by atoms with Gasteiger partial charge in [-0.1, -0.05) is 6.58 Å². The Morgan fingerprint density at radius 2 is 1.33 bits per heavy atom. The molecule has 0 atom stereocenters. The van der Waals surface area contributed by atoms with Gasteiger partial charge in [-0.15, -0.1) is 0 Å². The number of carbonyl (C=O) groups is 1. The summed E-state index contributed by atoms with van der Waals surface area (Å²) in [6, 6.07) is 0.750. The lowest BCUT2D eigenvalue weighted by molar-refractivity contribution is -0.474. The van der Waals surface area contributed by atoms with E-state index in [2.05, 4.69) is 6.58 Å². The van der Waals surface area contributed by atoms with Crippen molar-refractivity contribution < 1.29 is 42.4 Å². The van der Waals surface area contributed by atoms with Crippen LogP contribution >= 0.6 is 0 Å². The molecule has 160 valence electrons. The van der Waals surface area contributed by atoms with Crippen molar-refractivity contribution in [2.75, 3.05) is 67.6 Å². The Morgan fingerprint density at radius 3 is 1.74 bits per heavy atom. The third-order valence-corrected chi connectivity index (χ3v) is 4.44. The minimum atomic E-state index is -1.61. The molecule has 0 amide bonds. The van der Waals surface area contributed by atoms with Gasteiger partial charge in [-0.05, 0) is 19.4 Å². The summed E-state index contributed by atoms with van der Waals surface area (Å²) in [5, 5.41) is 0. The Balaban J connectivity index is 4.51. The van der Waals surface area contributed by atoms with E-state index in [0.29, 0.717) is 38.4 Å². The molecule has 0 aromatic rings. The number of ether oxygens (including phenoxy) is 7. The van der Waals surface area contributed by atoms with Gasteiger partial charge < -0.3 is 37.6 Å².